The lowest BCUT2D eigenvalue weighted by molar-refractivity contribution is 0.621. The molecule has 2 aromatic rings. The summed E-state index contributed by atoms with van der Waals surface area (Å²) in [7, 11) is 0. The van der Waals surface area contributed by atoms with Crippen LogP contribution in [0.3, 0.4) is 0 Å². The quantitative estimate of drug-likeness (QED) is 0.750. The fraction of sp³-hybridized carbons (Fsp3) is 0.200. The molecule has 0 bridgehead atoms. The average Bonchev–Trinajstić information content (AvgIpc) is 2.69. The van der Waals surface area contributed by atoms with Gasteiger partial charge in [-0.2, -0.15) is 0 Å². The van der Waals surface area contributed by atoms with E-state index in [2.05, 4.69) is 10.3 Å². The van der Waals surface area contributed by atoms with Gasteiger partial charge in [0.1, 0.15) is 5.82 Å². The molecule has 0 N–H and O–H groups in total. The summed E-state index contributed by atoms with van der Waals surface area (Å²) in [6, 6.07) is 6.29. The molecule has 0 aliphatic carbocycles. The maximum Gasteiger partial charge on any atom is 0.123 e. The van der Waals surface area contributed by atoms with Crippen LogP contribution in [0.2, 0.25) is 0 Å². The van der Waals surface area contributed by atoms with Gasteiger partial charge in [-0.05, 0) is 17.7 Å². The number of halogens is 2. The van der Waals surface area contributed by atoms with Gasteiger partial charge in [-0.25, -0.2) is 9.07 Å². The van der Waals surface area contributed by atoms with E-state index in [1.807, 2.05) is 0 Å². The molecule has 1 heterocycles. The number of rotatable bonds is 3. The predicted molar refractivity (Wildman–Crippen MR) is 55.1 cm³/mol. The van der Waals surface area contributed by atoms with Crippen LogP contribution in [0.25, 0.3) is 0 Å². The summed E-state index contributed by atoms with van der Waals surface area (Å²) < 4.78 is 14.3. The zero-order chi connectivity index (χ0) is 10.7. The SMILES string of the molecule is Fc1ccc(Cn2cc(CCl)nn2)cc1. The van der Waals surface area contributed by atoms with Gasteiger partial charge in [0.15, 0.2) is 0 Å². The van der Waals surface area contributed by atoms with E-state index in [9.17, 15) is 4.39 Å². The van der Waals surface area contributed by atoms with Crippen molar-refractivity contribution in [2.75, 3.05) is 0 Å². The van der Waals surface area contributed by atoms with Crippen LogP contribution in [0.15, 0.2) is 30.5 Å². The Kier molecular flexibility index (Phi) is 2.97. The molecule has 78 valence electrons. The molecule has 2 rings (SSSR count). The van der Waals surface area contributed by atoms with Crippen molar-refractivity contribution in [2.24, 2.45) is 0 Å². The molecule has 3 nitrogen and oxygen atoms in total. The van der Waals surface area contributed by atoms with Crippen LogP contribution in [-0.4, -0.2) is 15.0 Å². The van der Waals surface area contributed by atoms with Crippen LogP contribution in [0.5, 0.6) is 0 Å². The molecule has 0 unspecified atom stereocenters. The standard InChI is InChI=1S/C10H9ClFN3/c11-5-10-7-15(14-13-10)6-8-1-3-9(12)4-2-8/h1-4,7H,5-6H2. The zero-order valence-corrected chi connectivity index (χ0v) is 8.65. The molecule has 0 spiro atoms. The van der Waals surface area contributed by atoms with Gasteiger partial charge >= 0.3 is 0 Å². The fourth-order valence-corrected chi connectivity index (χ4v) is 1.38. The third-order valence-electron chi connectivity index (χ3n) is 1.98. The molecule has 0 aliphatic heterocycles. The van der Waals surface area contributed by atoms with Crippen molar-refractivity contribution in [1.29, 1.82) is 0 Å². The maximum atomic E-state index is 12.6. The first kappa shape index (κ1) is 10.1. The van der Waals surface area contributed by atoms with Crippen molar-refractivity contribution < 1.29 is 4.39 Å². The minimum Gasteiger partial charge on any atom is -0.248 e. The van der Waals surface area contributed by atoms with Gasteiger partial charge in [0.2, 0.25) is 0 Å². The molecule has 0 atom stereocenters. The molecular weight excluding hydrogens is 217 g/mol. The van der Waals surface area contributed by atoms with Crippen molar-refractivity contribution in [3.05, 3.63) is 47.5 Å². The zero-order valence-electron chi connectivity index (χ0n) is 7.90. The molecule has 0 saturated heterocycles. The number of alkyl halides is 1. The molecular formula is C10H9ClFN3. The van der Waals surface area contributed by atoms with Gasteiger partial charge in [0, 0.05) is 0 Å². The Balaban J connectivity index is 2.11. The number of benzene rings is 1. The monoisotopic (exact) mass is 225 g/mol. The molecule has 0 amide bonds. The minimum absolute atomic E-state index is 0.237. The van der Waals surface area contributed by atoms with E-state index >= 15 is 0 Å². The molecule has 0 saturated carbocycles. The normalized spacial score (nSPS) is 10.5. The highest BCUT2D eigenvalue weighted by Crippen LogP contribution is 2.05. The van der Waals surface area contributed by atoms with E-state index in [1.54, 1.807) is 23.0 Å². The second-order valence-corrected chi connectivity index (χ2v) is 3.43. The highest BCUT2D eigenvalue weighted by molar-refractivity contribution is 6.16. The van der Waals surface area contributed by atoms with E-state index in [1.165, 1.54) is 12.1 Å². The lowest BCUT2D eigenvalue weighted by Crippen LogP contribution is -2.00. The van der Waals surface area contributed by atoms with E-state index < -0.39 is 0 Å². The van der Waals surface area contributed by atoms with Gasteiger partial charge in [0.05, 0.1) is 24.3 Å². The second-order valence-electron chi connectivity index (χ2n) is 3.17. The number of hydrogen-bond donors (Lipinski definition) is 0. The Morgan fingerprint density at radius 3 is 2.60 bits per heavy atom. The van der Waals surface area contributed by atoms with Crippen LogP contribution < -0.4 is 0 Å². The molecule has 0 aliphatic rings. The molecule has 5 heteroatoms. The van der Waals surface area contributed by atoms with Crippen molar-refractivity contribution in [2.45, 2.75) is 12.4 Å². The van der Waals surface area contributed by atoms with Gasteiger partial charge in [-0.15, -0.1) is 16.7 Å². The summed E-state index contributed by atoms with van der Waals surface area (Å²) in [6.45, 7) is 0.574. The third-order valence-corrected chi connectivity index (χ3v) is 2.25. The van der Waals surface area contributed by atoms with Crippen LogP contribution >= 0.6 is 11.6 Å². The average molecular weight is 226 g/mol. The summed E-state index contributed by atoms with van der Waals surface area (Å²) >= 11 is 5.60. The van der Waals surface area contributed by atoms with Crippen LogP contribution in [0.4, 0.5) is 4.39 Å². The van der Waals surface area contributed by atoms with Gasteiger partial charge in [0.25, 0.3) is 0 Å². The predicted octanol–water partition coefficient (Wildman–Crippen LogP) is 2.20. The van der Waals surface area contributed by atoms with E-state index in [0.29, 0.717) is 12.4 Å². The third kappa shape index (κ3) is 2.53. The van der Waals surface area contributed by atoms with E-state index in [4.69, 9.17) is 11.6 Å². The summed E-state index contributed by atoms with van der Waals surface area (Å²) in [6.07, 6.45) is 1.77. The molecule has 1 aromatic heterocycles. The number of hydrogen-bond acceptors (Lipinski definition) is 2. The van der Waals surface area contributed by atoms with E-state index in [0.717, 1.165) is 11.3 Å². The molecule has 1 aromatic carbocycles. The first-order valence-corrected chi connectivity index (χ1v) is 5.01. The van der Waals surface area contributed by atoms with Crippen LogP contribution in [-0.2, 0) is 12.4 Å². The van der Waals surface area contributed by atoms with Crippen LogP contribution in [0, 0.1) is 5.82 Å². The minimum atomic E-state index is -0.237. The van der Waals surface area contributed by atoms with E-state index in [-0.39, 0.29) is 5.82 Å². The summed E-state index contributed by atoms with van der Waals surface area (Å²) in [5.41, 5.74) is 1.71. The Morgan fingerprint density at radius 1 is 1.27 bits per heavy atom. The molecule has 0 radical (unpaired) electrons. The van der Waals surface area contributed by atoms with Crippen molar-refractivity contribution >= 4 is 11.6 Å². The first-order chi connectivity index (χ1) is 7.28. The van der Waals surface area contributed by atoms with Gasteiger partial charge in [-0.1, -0.05) is 17.3 Å². The fourth-order valence-electron chi connectivity index (χ4n) is 1.25. The topological polar surface area (TPSA) is 30.7 Å². The van der Waals surface area contributed by atoms with Gasteiger partial charge < -0.3 is 0 Å². The first-order valence-electron chi connectivity index (χ1n) is 4.47. The van der Waals surface area contributed by atoms with Crippen molar-refractivity contribution in [1.82, 2.24) is 15.0 Å². The molecule has 15 heavy (non-hydrogen) atoms. The summed E-state index contributed by atoms with van der Waals surface area (Å²) in [5, 5.41) is 7.75. The Bertz CT molecular complexity index is 438. The second kappa shape index (κ2) is 4.40. The maximum absolute atomic E-state index is 12.6. The Labute approximate surface area is 91.5 Å². The highest BCUT2D eigenvalue weighted by atomic mass is 35.5. The Hall–Kier alpha value is -1.42. The van der Waals surface area contributed by atoms with Crippen molar-refractivity contribution in [3.63, 3.8) is 0 Å². The Morgan fingerprint density at radius 2 is 2.00 bits per heavy atom. The molecule has 0 fully saturated rings. The van der Waals surface area contributed by atoms with Crippen LogP contribution in [0.1, 0.15) is 11.3 Å². The smallest absolute Gasteiger partial charge is 0.123 e. The van der Waals surface area contributed by atoms with Crippen molar-refractivity contribution in [3.8, 4) is 0 Å². The largest absolute Gasteiger partial charge is 0.248 e. The number of nitrogens with zero attached hydrogens (tertiary/aromatic N) is 3. The lowest BCUT2D eigenvalue weighted by atomic mass is 10.2. The summed E-state index contributed by atoms with van der Waals surface area (Å²) in [5.74, 6) is 0.113. The summed E-state index contributed by atoms with van der Waals surface area (Å²) in [4.78, 5) is 0. The lowest BCUT2D eigenvalue weighted by Gasteiger charge is -1.99. The van der Waals surface area contributed by atoms with Gasteiger partial charge in [-0.3, -0.25) is 0 Å². The number of aromatic nitrogens is 3. The highest BCUT2D eigenvalue weighted by Gasteiger charge is 2.00.